The van der Waals surface area contributed by atoms with Crippen molar-refractivity contribution in [2.75, 3.05) is 25.0 Å². The Balaban J connectivity index is 1.61. The summed E-state index contributed by atoms with van der Waals surface area (Å²) in [7, 11) is 0. The first-order valence-electron chi connectivity index (χ1n) is 8.31. The van der Waals surface area contributed by atoms with Gasteiger partial charge in [0.2, 0.25) is 5.89 Å². The van der Waals surface area contributed by atoms with Gasteiger partial charge >= 0.3 is 0 Å². The third kappa shape index (κ3) is 3.94. The van der Waals surface area contributed by atoms with Crippen LogP contribution >= 0.6 is 0 Å². The Labute approximate surface area is 141 Å². The van der Waals surface area contributed by atoms with E-state index in [1.54, 1.807) is 6.20 Å². The topological polar surface area (TPSA) is 78.6 Å². The Morgan fingerprint density at radius 1 is 1.42 bits per heavy atom. The minimum Gasteiger partial charge on any atom is -0.444 e. The molecule has 0 saturated carbocycles. The highest BCUT2D eigenvalue weighted by Crippen LogP contribution is 2.20. The summed E-state index contributed by atoms with van der Waals surface area (Å²) in [6.45, 7) is 3.96. The van der Waals surface area contributed by atoms with E-state index in [9.17, 15) is 9.90 Å². The Bertz CT molecular complexity index is 690. The number of anilines is 1. The zero-order valence-electron chi connectivity index (χ0n) is 13.9. The van der Waals surface area contributed by atoms with Gasteiger partial charge in [0, 0.05) is 30.9 Å². The van der Waals surface area contributed by atoms with Gasteiger partial charge in [-0.3, -0.25) is 4.79 Å². The third-order valence-electron chi connectivity index (χ3n) is 4.38. The molecule has 1 fully saturated rings. The number of amides is 1. The summed E-state index contributed by atoms with van der Waals surface area (Å²) < 4.78 is 5.43. The maximum Gasteiger partial charge on any atom is 0.253 e. The molecule has 1 aromatic carbocycles. The smallest absolute Gasteiger partial charge is 0.253 e. The number of carbonyl (C=O) groups is 1. The molecule has 1 aliphatic heterocycles. The van der Waals surface area contributed by atoms with E-state index in [0.29, 0.717) is 37.0 Å². The Hall–Kier alpha value is -2.34. The summed E-state index contributed by atoms with van der Waals surface area (Å²) in [6.07, 6.45) is 3.42. The van der Waals surface area contributed by atoms with Crippen molar-refractivity contribution in [3.8, 4) is 0 Å². The van der Waals surface area contributed by atoms with E-state index < -0.39 is 0 Å². The zero-order valence-corrected chi connectivity index (χ0v) is 13.9. The van der Waals surface area contributed by atoms with Gasteiger partial charge in [0.15, 0.2) is 0 Å². The number of aryl methyl sites for hydroxylation is 1. The largest absolute Gasteiger partial charge is 0.444 e. The standard InChI is InChI=1S/C18H23N3O3/c1-13-10-20-17(24-13)11-19-16-4-2-3-15(9-16)18(23)21-7-5-14(12-22)6-8-21/h2-4,9-10,14,19,22H,5-8,11-12H2,1H3. The van der Waals surface area contributed by atoms with E-state index in [4.69, 9.17) is 4.42 Å². The lowest BCUT2D eigenvalue weighted by Crippen LogP contribution is -2.39. The Morgan fingerprint density at radius 3 is 2.88 bits per heavy atom. The predicted octanol–water partition coefficient (Wildman–Crippen LogP) is 2.44. The molecule has 0 aliphatic carbocycles. The highest BCUT2D eigenvalue weighted by molar-refractivity contribution is 5.95. The number of aromatic nitrogens is 1. The van der Waals surface area contributed by atoms with E-state index >= 15 is 0 Å². The fraction of sp³-hybridized carbons (Fsp3) is 0.444. The number of likely N-dealkylation sites (tertiary alicyclic amines) is 1. The molecular formula is C18H23N3O3. The van der Waals surface area contributed by atoms with Gasteiger partial charge in [-0.05, 0) is 43.9 Å². The third-order valence-corrected chi connectivity index (χ3v) is 4.38. The number of rotatable bonds is 5. The molecule has 0 atom stereocenters. The normalized spacial score (nSPS) is 15.5. The Morgan fingerprint density at radius 2 is 2.21 bits per heavy atom. The van der Waals surface area contributed by atoms with Crippen molar-refractivity contribution in [1.82, 2.24) is 9.88 Å². The number of hydrogen-bond donors (Lipinski definition) is 2. The van der Waals surface area contributed by atoms with Gasteiger partial charge < -0.3 is 19.7 Å². The van der Waals surface area contributed by atoms with Crippen LogP contribution in [0.2, 0.25) is 0 Å². The molecule has 0 spiro atoms. The SMILES string of the molecule is Cc1cnc(CNc2cccc(C(=O)N3CCC(CO)CC3)c2)o1. The number of aliphatic hydroxyl groups excluding tert-OH is 1. The summed E-state index contributed by atoms with van der Waals surface area (Å²) >= 11 is 0. The molecule has 3 rings (SSSR count). The highest BCUT2D eigenvalue weighted by atomic mass is 16.4. The van der Waals surface area contributed by atoms with Crippen LogP contribution in [0.3, 0.4) is 0 Å². The van der Waals surface area contributed by atoms with Crippen LogP contribution in [0.1, 0.15) is 34.9 Å². The van der Waals surface area contributed by atoms with E-state index in [2.05, 4.69) is 10.3 Å². The fourth-order valence-electron chi connectivity index (χ4n) is 2.92. The molecule has 1 aliphatic rings. The monoisotopic (exact) mass is 329 g/mol. The number of carbonyl (C=O) groups excluding carboxylic acids is 1. The minimum absolute atomic E-state index is 0.0435. The number of aliphatic hydroxyl groups is 1. The average Bonchev–Trinajstić information content (AvgIpc) is 3.05. The lowest BCUT2D eigenvalue weighted by atomic mass is 9.97. The average molecular weight is 329 g/mol. The number of oxazole rings is 1. The lowest BCUT2D eigenvalue weighted by molar-refractivity contribution is 0.0651. The molecule has 2 aromatic rings. The van der Waals surface area contributed by atoms with Crippen molar-refractivity contribution in [3.05, 3.63) is 47.7 Å². The van der Waals surface area contributed by atoms with Crippen molar-refractivity contribution in [2.45, 2.75) is 26.3 Å². The summed E-state index contributed by atoms with van der Waals surface area (Å²) in [4.78, 5) is 18.6. The molecule has 1 saturated heterocycles. The van der Waals surface area contributed by atoms with Crippen LogP contribution in [0.4, 0.5) is 5.69 Å². The number of piperidine rings is 1. The van der Waals surface area contributed by atoms with Crippen molar-refractivity contribution in [2.24, 2.45) is 5.92 Å². The first-order valence-corrected chi connectivity index (χ1v) is 8.31. The maximum absolute atomic E-state index is 12.6. The first-order chi connectivity index (χ1) is 11.7. The van der Waals surface area contributed by atoms with Gasteiger partial charge in [0.05, 0.1) is 12.7 Å². The molecule has 1 amide bonds. The predicted molar refractivity (Wildman–Crippen MR) is 90.7 cm³/mol. The van der Waals surface area contributed by atoms with Crippen LogP contribution in [0.25, 0.3) is 0 Å². The highest BCUT2D eigenvalue weighted by Gasteiger charge is 2.23. The van der Waals surface area contributed by atoms with Crippen molar-refractivity contribution < 1.29 is 14.3 Å². The molecule has 128 valence electrons. The molecular weight excluding hydrogens is 306 g/mol. The fourth-order valence-corrected chi connectivity index (χ4v) is 2.92. The number of hydrogen-bond acceptors (Lipinski definition) is 5. The molecule has 1 aromatic heterocycles. The van der Waals surface area contributed by atoms with Gasteiger partial charge in [0.1, 0.15) is 5.76 Å². The molecule has 2 heterocycles. The zero-order chi connectivity index (χ0) is 16.9. The van der Waals surface area contributed by atoms with Crippen LogP contribution in [0, 0.1) is 12.8 Å². The van der Waals surface area contributed by atoms with Crippen LogP contribution in [0.5, 0.6) is 0 Å². The number of nitrogens with zero attached hydrogens (tertiary/aromatic N) is 2. The first kappa shape index (κ1) is 16.5. The maximum atomic E-state index is 12.6. The molecule has 6 heteroatoms. The van der Waals surface area contributed by atoms with E-state index in [-0.39, 0.29) is 12.5 Å². The van der Waals surface area contributed by atoms with Crippen molar-refractivity contribution >= 4 is 11.6 Å². The van der Waals surface area contributed by atoms with Crippen LogP contribution in [0.15, 0.2) is 34.9 Å². The Kier molecular flexibility index (Phi) is 5.15. The van der Waals surface area contributed by atoms with Crippen LogP contribution < -0.4 is 5.32 Å². The van der Waals surface area contributed by atoms with Gasteiger partial charge in [-0.15, -0.1) is 0 Å². The second-order valence-corrected chi connectivity index (χ2v) is 6.22. The summed E-state index contributed by atoms with van der Waals surface area (Å²) in [5.41, 5.74) is 1.54. The molecule has 6 nitrogen and oxygen atoms in total. The van der Waals surface area contributed by atoms with Gasteiger partial charge in [-0.2, -0.15) is 0 Å². The molecule has 0 bridgehead atoms. The minimum atomic E-state index is 0.0435. The quantitative estimate of drug-likeness (QED) is 0.881. The molecule has 0 radical (unpaired) electrons. The van der Waals surface area contributed by atoms with Gasteiger partial charge in [-0.1, -0.05) is 6.07 Å². The molecule has 0 unspecified atom stereocenters. The number of benzene rings is 1. The van der Waals surface area contributed by atoms with Crippen LogP contribution in [-0.4, -0.2) is 40.6 Å². The van der Waals surface area contributed by atoms with Gasteiger partial charge in [0.25, 0.3) is 5.91 Å². The van der Waals surface area contributed by atoms with Crippen molar-refractivity contribution in [1.29, 1.82) is 0 Å². The van der Waals surface area contributed by atoms with E-state index in [0.717, 1.165) is 24.3 Å². The lowest BCUT2D eigenvalue weighted by Gasteiger charge is -2.31. The van der Waals surface area contributed by atoms with E-state index in [1.165, 1.54) is 0 Å². The van der Waals surface area contributed by atoms with Gasteiger partial charge in [-0.25, -0.2) is 4.98 Å². The second kappa shape index (κ2) is 7.49. The van der Waals surface area contributed by atoms with Crippen molar-refractivity contribution in [3.63, 3.8) is 0 Å². The van der Waals surface area contributed by atoms with Crippen LogP contribution in [-0.2, 0) is 6.54 Å². The molecule has 24 heavy (non-hydrogen) atoms. The molecule has 2 N–H and O–H groups in total. The summed E-state index contributed by atoms with van der Waals surface area (Å²) in [5, 5.41) is 12.4. The second-order valence-electron chi connectivity index (χ2n) is 6.22. The summed E-state index contributed by atoms with van der Waals surface area (Å²) in [5.74, 6) is 1.77. The summed E-state index contributed by atoms with van der Waals surface area (Å²) in [6, 6.07) is 7.48. The van der Waals surface area contributed by atoms with E-state index in [1.807, 2.05) is 36.1 Å². The number of nitrogens with one attached hydrogen (secondary N) is 1.